The Bertz CT molecular complexity index is 1650. The van der Waals surface area contributed by atoms with E-state index in [9.17, 15) is 58.8 Å². The van der Waals surface area contributed by atoms with E-state index >= 15 is 0 Å². The number of aliphatic carboxylic acids is 1. The lowest BCUT2D eigenvalue weighted by Gasteiger charge is -2.27. The summed E-state index contributed by atoms with van der Waals surface area (Å²) in [6, 6.07) is -11.5. The molecule has 350 valence electrons. The van der Waals surface area contributed by atoms with E-state index in [0.717, 1.165) is 0 Å². The molecule has 1 aromatic rings. The van der Waals surface area contributed by atoms with Crippen LogP contribution < -0.4 is 54.4 Å². The van der Waals surface area contributed by atoms with Gasteiger partial charge in [0.1, 0.15) is 48.3 Å². The standard InChI is InChI=1S/C35H61N13O12S2/c1-17(2)9-22(44-27(52)19(36)12-49)30(55)43-21(6-8-62-3)29(54)42-20(5-4-7-40-35(37)38)28(53)45-23(10-18-11-39-16-41-18)31(56)46-24(13-50)32(57)47-25(14-51)33(58)48-26(15-61)34(59)60/h11,16-17,19-26,49-51,61H,4-10,12-15,36H2,1-3H3,(H,39,41)(H,42,54)(H,43,55)(H,44,52)(H,45,53)(H,46,56)(H,47,57)(H,48,58)(H,59,60)(H4,37,38,40)/t19-,20-,21-,22-,23-,24-,25-,26-/m0/s1. The van der Waals surface area contributed by atoms with E-state index in [1.54, 1.807) is 20.1 Å². The summed E-state index contributed by atoms with van der Waals surface area (Å²) in [5, 5.41) is 55.1. The highest BCUT2D eigenvalue weighted by atomic mass is 32.2. The zero-order valence-electron chi connectivity index (χ0n) is 34.7. The van der Waals surface area contributed by atoms with E-state index in [1.165, 1.54) is 24.3 Å². The van der Waals surface area contributed by atoms with Crippen molar-refractivity contribution in [2.45, 2.75) is 94.3 Å². The normalized spacial score (nSPS) is 14.9. The minimum Gasteiger partial charge on any atom is -0.480 e. The molecular formula is C35H61N13O12S2. The number of aliphatic imine (C=N–C) groups is 1. The second-order valence-corrected chi connectivity index (χ2v) is 15.6. The Labute approximate surface area is 367 Å². The van der Waals surface area contributed by atoms with Gasteiger partial charge in [-0.05, 0) is 43.6 Å². The van der Waals surface area contributed by atoms with E-state index in [1.807, 2.05) is 0 Å². The molecule has 0 aliphatic rings. The first-order valence-corrected chi connectivity index (χ1v) is 21.4. The van der Waals surface area contributed by atoms with Gasteiger partial charge in [-0.25, -0.2) is 9.78 Å². The van der Waals surface area contributed by atoms with Crippen LogP contribution in [0.5, 0.6) is 0 Å². The van der Waals surface area contributed by atoms with Crippen molar-refractivity contribution >= 4 is 77.7 Å². The molecule has 0 bridgehead atoms. The van der Waals surface area contributed by atoms with Crippen molar-refractivity contribution in [1.29, 1.82) is 0 Å². The summed E-state index contributed by atoms with van der Waals surface area (Å²) in [5.41, 5.74) is 16.9. The number of thiol groups is 1. The summed E-state index contributed by atoms with van der Waals surface area (Å²) in [7, 11) is 0. The third-order valence-corrected chi connectivity index (χ3v) is 9.74. The van der Waals surface area contributed by atoms with Crippen LogP contribution in [0.4, 0.5) is 0 Å². The number of hydrogen-bond acceptors (Lipinski definition) is 16. The van der Waals surface area contributed by atoms with Crippen molar-refractivity contribution in [3.05, 3.63) is 18.2 Å². The van der Waals surface area contributed by atoms with Gasteiger partial charge in [0.25, 0.3) is 0 Å². The molecule has 1 aromatic heterocycles. The number of nitrogens with zero attached hydrogens (tertiary/aromatic N) is 2. The first-order valence-electron chi connectivity index (χ1n) is 19.4. The van der Waals surface area contributed by atoms with Crippen LogP contribution in [0.25, 0.3) is 0 Å². The molecule has 0 aromatic carbocycles. The molecule has 0 saturated carbocycles. The van der Waals surface area contributed by atoms with Crippen LogP contribution in [0.1, 0.15) is 45.2 Å². The van der Waals surface area contributed by atoms with E-state index < -0.39 is 115 Å². The minimum absolute atomic E-state index is 0.0327. The average molecular weight is 920 g/mol. The number of aliphatic hydroxyl groups excluding tert-OH is 3. The number of guanidine groups is 1. The van der Waals surface area contributed by atoms with Gasteiger partial charge in [-0.15, -0.1) is 0 Å². The predicted molar refractivity (Wildman–Crippen MR) is 229 cm³/mol. The maximum atomic E-state index is 14.0. The van der Waals surface area contributed by atoms with Crippen molar-refractivity contribution in [3.63, 3.8) is 0 Å². The fourth-order valence-corrected chi connectivity index (χ4v) is 6.09. The van der Waals surface area contributed by atoms with Gasteiger partial charge >= 0.3 is 5.97 Å². The zero-order valence-corrected chi connectivity index (χ0v) is 36.4. The number of thioether (sulfide) groups is 1. The molecule has 0 saturated heterocycles. The first-order chi connectivity index (χ1) is 29.3. The molecule has 8 atom stereocenters. The summed E-state index contributed by atoms with van der Waals surface area (Å²) in [4.78, 5) is 115. The number of nitrogens with one attached hydrogen (secondary N) is 8. The molecule has 18 N–H and O–H groups in total. The van der Waals surface area contributed by atoms with Gasteiger partial charge in [-0.2, -0.15) is 24.4 Å². The fourth-order valence-electron chi connectivity index (χ4n) is 5.37. The molecule has 0 fully saturated rings. The average Bonchev–Trinajstić information content (AvgIpc) is 3.74. The number of nitrogens with two attached hydrogens (primary N) is 3. The molecular weight excluding hydrogens is 859 g/mol. The van der Waals surface area contributed by atoms with Gasteiger partial charge in [0, 0.05) is 30.6 Å². The lowest BCUT2D eigenvalue weighted by atomic mass is 10.0. The van der Waals surface area contributed by atoms with Gasteiger partial charge in [0.15, 0.2) is 5.96 Å². The Morgan fingerprint density at radius 2 is 1.19 bits per heavy atom. The van der Waals surface area contributed by atoms with Crippen LogP contribution in [0.2, 0.25) is 0 Å². The number of carboxylic acids is 1. The van der Waals surface area contributed by atoms with Crippen LogP contribution in [-0.4, -0.2) is 176 Å². The number of H-pyrrole nitrogens is 1. The number of aromatic nitrogens is 2. The van der Waals surface area contributed by atoms with Crippen molar-refractivity contribution in [2.75, 3.05) is 44.1 Å². The summed E-state index contributed by atoms with van der Waals surface area (Å²) < 4.78 is 0. The van der Waals surface area contributed by atoms with Gasteiger partial charge in [-0.1, -0.05) is 13.8 Å². The summed E-state index contributed by atoms with van der Waals surface area (Å²) in [6.07, 6.45) is 4.44. The molecule has 0 radical (unpaired) electrons. The van der Waals surface area contributed by atoms with Crippen molar-refractivity contribution < 1.29 is 58.8 Å². The van der Waals surface area contributed by atoms with Gasteiger partial charge < -0.3 is 79.8 Å². The van der Waals surface area contributed by atoms with E-state index in [4.69, 9.17) is 17.2 Å². The Hall–Kier alpha value is -5.22. The highest BCUT2D eigenvalue weighted by Gasteiger charge is 2.34. The molecule has 62 heavy (non-hydrogen) atoms. The van der Waals surface area contributed by atoms with Crippen LogP contribution in [0.3, 0.4) is 0 Å². The number of carbonyl (C=O) groups is 8. The third kappa shape index (κ3) is 20.1. The number of carboxylic acid groups (broad SMARTS) is 1. The smallest absolute Gasteiger partial charge is 0.327 e. The zero-order chi connectivity index (χ0) is 46.9. The number of aromatic amines is 1. The maximum absolute atomic E-state index is 14.0. The number of imidazole rings is 1. The second-order valence-electron chi connectivity index (χ2n) is 14.2. The molecule has 7 amide bonds. The molecule has 0 aliphatic heterocycles. The fraction of sp³-hybridized carbons (Fsp3) is 0.657. The quantitative estimate of drug-likeness (QED) is 0.0148. The highest BCUT2D eigenvalue weighted by molar-refractivity contribution is 7.98. The summed E-state index contributed by atoms with van der Waals surface area (Å²) in [5.74, 6) is -8.18. The lowest BCUT2D eigenvalue weighted by Crippen LogP contribution is -2.61. The number of amides is 7. The minimum atomic E-state index is -1.76. The van der Waals surface area contributed by atoms with Crippen molar-refractivity contribution in [2.24, 2.45) is 28.1 Å². The number of hydrogen-bond donors (Lipinski definition) is 16. The van der Waals surface area contributed by atoms with Crippen molar-refractivity contribution in [1.82, 2.24) is 47.2 Å². The number of carbonyl (C=O) groups excluding carboxylic acids is 7. The maximum Gasteiger partial charge on any atom is 0.327 e. The second kappa shape index (κ2) is 29.1. The van der Waals surface area contributed by atoms with Gasteiger partial charge in [0.05, 0.1) is 26.1 Å². The first kappa shape index (κ1) is 54.8. The van der Waals surface area contributed by atoms with Gasteiger partial charge in [-0.3, -0.25) is 38.6 Å². The van der Waals surface area contributed by atoms with E-state index in [2.05, 4.69) is 64.8 Å². The third-order valence-electron chi connectivity index (χ3n) is 8.74. The molecule has 1 rings (SSSR count). The SMILES string of the molecule is CSCC[C@H](NC(=O)[C@H](CC(C)C)NC(=O)[C@@H](N)CO)C(=O)N[C@@H](CCCN=C(N)N)C(=O)N[C@@H](Cc1cnc[nH]1)C(=O)N[C@@H](CO)C(=O)N[C@@H](CO)C(=O)N[C@@H](CS)C(=O)O. The summed E-state index contributed by atoms with van der Waals surface area (Å²) in [6.45, 7) is 0.950. The van der Waals surface area contributed by atoms with E-state index in [0.29, 0.717) is 11.4 Å². The predicted octanol–water partition coefficient (Wildman–Crippen LogP) is -6.48. The van der Waals surface area contributed by atoms with Crippen LogP contribution >= 0.6 is 24.4 Å². The highest BCUT2D eigenvalue weighted by Crippen LogP contribution is 2.10. The van der Waals surface area contributed by atoms with Crippen LogP contribution in [-0.2, 0) is 44.8 Å². The Kier molecular flexibility index (Phi) is 25.8. The number of aliphatic hydroxyl groups is 3. The van der Waals surface area contributed by atoms with Crippen LogP contribution in [0, 0.1) is 5.92 Å². The summed E-state index contributed by atoms with van der Waals surface area (Å²) >= 11 is 5.21. The Morgan fingerprint density at radius 1 is 0.726 bits per heavy atom. The topological polar surface area (TPSA) is 421 Å². The molecule has 25 nitrogen and oxygen atoms in total. The van der Waals surface area contributed by atoms with Crippen molar-refractivity contribution in [3.8, 4) is 0 Å². The molecule has 0 unspecified atom stereocenters. The number of rotatable bonds is 30. The molecule has 0 spiro atoms. The Balaban J connectivity index is 3.41. The Morgan fingerprint density at radius 3 is 1.65 bits per heavy atom. The monoisotopic (exact) mass is 919 g/mol. The van der Waals surface area contributed by atoms with E-state index in [-0.39, 0.29) is 56.3 Å². The molecule has 1 heterocycles. The molecule has 27 heteroatoms. The lowest BCUT2D eigenvalue weighted by molar-refractivity contribution is -0.142. The largest absolute Gasteiger partial charge is 0.480 e. The van der Waals surface area contributed by atoms with Crippen LogP contribution in [0.15, 0.2) is 17.5 Å². The van der Waals surface area contributed by atoms with Gasteiger partial charge in [0.2, 0.25) is 41.4 Å². The molecule has 0 aliphatic carbocycles.